The van der Waals surface area contributed by atoms with Crippen LogP contribution in [0.5, 0.6) is 0 Å². The number of hydrogen-bond donors (Lipinski definition) is 0. The number of amides is 1. The molecule has 120 valence electrons. The lowest BCUT2D eigenvalue weighted by atomic mass is 10.1. The van der Waals surface area contributed by atoms with Crippen molar-refractivity contribution < 1.29 is 31.1 Å². The maximum atomic E-state index is 12.5. The molecule has 0 aliphatic rings. The van der Waals surface area contributed by atoms with E-state index in [4.69, 9.17) is 0 Å². The third-order valence-electron chi connectivity index (χ3n) is 2.78. The Morgan fingerprint density at radius 2 is 1.25 bits per heavy atom. The minimum absolute atomic E-state index is 0.0853. The molecule has 8 heteroatoms. The highest BCUT2D eigenvalue weighted by Gasteiger charge is 2.61. The third kappa shape index (κ3) is 6.00. The van der Waals surface area contributed by atoms with Gasteiger partial charge in [0.1, 0.15) is 0 Å². The molecule has 0 aliphatic carbocycles. The quantitative estimate of drug-likeness (QED) is 0.647. The van der Waals surface area contributed by atoms with Gasteiger partial charge in [0.25, 0.3) is 0 Å². The van der Waals surface area contributed by atoms with Gasteiger partial charge in [0, 0.05) is 13.1 Å². The summed E-state index contributed by atoms with van der Waals surface area (Å²) in [5.41, 5.74) is 0. The molecule has 0 fully saturated rings. The van der Waals surface area contributed by atoms with Crippen LogP contribution in [0.4, 0.5) is 26.3 Å². The minimum atomic E-state index is -5.62. The van der Waals surface area contributed by atoms with E-state index >= 15 is 0 Å². The Kier molecular flexibility index (Phi) is 7.37. The SMILES string of the molecule is CCCCN(CCCC)C(=O)C(C(F)(F)F)C(F)(F)F. The summed E-state index contributed by atoms with van der Waals surface area (Å²) in [4.78, 5) is 12.3. The minimum Gasteiger partial charge on any atom is -0.342 e. The Bertz CT molecular complexity index is 277. The highest BCUT2D eigenvalue weighted by molar-refractivity contribution is 5.80. The number of alkyl halides is 6. The van der Waals surface area contributed by atoms with Crippen LogP contribution in [0.15, 0.2) is 0 Å². The zero-order valence-corrected chi connectivity index (χ0v) is 11.4. The van der Waals surface area contributed by atoms with Gasteiger partial charge in [-0.1, -0.05) is 26.7 Å². The van der Waals surface area contributed by atoms with E-state index < -0.39 is 24.2 Å². The number of unbranched alkanes of at least 4 members (excludes halogenated alkanes) is 2. The second-order valence-corrected chi connectivity index (χ2v) is 4.55. The predicted octanol–water partition coefficient (Wildman–Crippen LogP) is 4.16. The number of nitrogens with zero attached hydrogens (tertiary/aromatic N) is 1. The van der Waals surface area contributed by atoms with Crippen molar-refractivity contribution in [3.05, 3.63) is 0 Å². The van der Waals surface area contributed by atoms with Gasteiger partial charge < -0.3 is 4.90 Å². The predicted molar refractivity (Wildman–Crippen MR) is 62.0 cm³/mol. The van der Waals surface area contributed by atoms with Crippen LogP contribution in [-0.2, 0) is 4.79 Å². The van der Waals surface area contributed by atoms with E-state index in [1.807, 2.05) is 0 Å². The summed E-state index contributed by atoms with van der Waals surface area (Å²) < 4.78 is 75.0. The van der Waals surface area contributed by atoms with Crippen molar-refractivity contribution in [2.24, 2.45) is 5.92 Å². The smallest absolute Gasteiger partial charge is 0.342 e. The fraction of sp³-hybridized carbons (Fsp3) is 0.917. The first-order chi connectivity index (χ1) is 9.05. The first-order valence-corrected chi connectivity index (χ1v) is 6.47. The van der Waals surface area contributed by atoms with Gasteiger partial charge in [0.15, 0.2) is 0 Å². The van der Waals surface area contributed by atoms with E-state index in [1.54, 1.807) is 13.8 Å². The van der Waals surface area contributed by atoms with E-state index in [-0.39, 0.29) is 13.1 Å². The zero-order chi connectivity index (χ0) is 16.0. The van der Waals surface area contributed by atoms with Gasteiger partial charge in [-0.2, -0.15) is 26.3 Å². The van der Waals surface area contributed by atoms with Crippen molar-refractivity contribution in [3.63, 3.8) is 0 Å². The molecule has 0 bridgehead atoms. The van der Waals surface area contributed by atoms with Crippen LogP contribution in [0.3, 0.4) is 0 Å². The molecule has 0 spiro atoms. The number of carbonyl (C=O) groups is 1. The number of halogens is 6. The van der Waals surface area contributed by atoms with Gasteiger partial charge in [-0.3, -0.25) is 4.79 Å². The molecular weight excluding hydrogens is 288 g/mol. The molecule has 0 unspecified atom stereocenters. The lowest BCUT2D eigenvalue weighted by Gasteiger charge is -2.29. The zero-order valence-electron chi connectivity index (χ0n) is 11.4. The molecule has 2 nitrogen and oxygen atoms in total. The molecule has 0 aromatic heterocycles. The summed E-state index contributed by atoms with van der Waals surface area (Å²) in [5.74, 6) is -5.82. The van der Waals surface area contributed by atoms with Crippen molar-refractivity contribution >= 4 is 5.91 Å². The lowest BCUT2D eigenvalue weighted by Crippen LogP contribution is -2.50. The standard InChI is InChI=1S/C12H19F6NO/c1-3-5-7-19(8-6-4-2)10(20)9(11(13,14)15)12(16,17)18/h9H,3-8H2,1-2H3. The van der Waals surface area contributed by atoms with E-state index in [0.717, 1.165) is 0 Å². The summed E-state index contributed by atoms with van der Waals surface area (Å²) in [6.07, 6.45) is -9.33. The maximum absolute atomic E-state index is 12.5. The molecular formula is C12H19F6NO. The van der Waals surface area contributed by atoms with Crippen molar-refractivity contribution in [1.29, 1.82) is 0 Å². The van der Waals surface area contributed by atoms with Crippen LogP contribution >= 0.6 is 0 Å². The summed E-state index contributed by atoms with van der Waals surface area (Å²) in [6, 6.07) is 0. The van der Waals surface area contributed by atoms with Gasteiger partial charge in [0.2, 0.25) is 11.8 Å². The monoisotopic (exact) mass is 307 g/mol. The molecule has 0 aromatic carbocycles. The molecule has 0 saturated carbocycles. The Morgan fingerprint density at radius 1 is 0.900 bits per heavy atom. The average molecular weight is 307 g/mol. The van der Waals surface area contributed by atoms with Crippen LogP contribution in [-0.4, -0.2) is 36.2 Å². The summed E-state index contributed by atoms with van der Waals surface area (Å²) in [6.45, 7) is 3.32. The molecule has 0 atom stereocenters. The lowest BCUT2D eigenvalue weighted by molar-refractivity contribution is -0.277. The van der Waals surface area contributed by atoms with Crippen LogP contribution in [0.25, 0.3) is 0 Å². The molecule has 0 N–H and O–H groups in total. The summed E-state index contributed by atoms with van der Waals surface area (Å²) in [7, 11) is 0. The topological polar surface area (TPSA) is 20.3 Å². The molecule has 0 rings (SSSR count). The molecule has 20 heavy (non-hydrogen) atoms. The Morgan fingerprint density at radius 3 is 1.50 bits per heavy atom. The van der Waals surface area contributed by atoms with Crippen LogP contribution in [0.1, 0.15) is 39.5 Å². The van der Waals surface area contributed by atoms with Crippen LogP contribution < -0.4 is 0 Å². The van der Waals surface area contributed by atoms with Gasteiger partial charge in [0.05, 0.1) is 0 Å². The van der Waals surface area contributed by atoms with Gasteiger partial charge in [-0.05, 0) is 12.8 Å². The highest BCUT2D eigenvalue weighted by atomic mass is 19.4. The molecule has 0 radical (unpaired) electrons. The fourth-order valence-electron chi connectivity index (χ4n) is 1.68. The van der Waals surface area contributed by atoms with Crippen molar-refractivity contribution in [2.75, 3.05) is 13.1 Å². The van der Waals surface area contributed by atoms with Crippen LogP contribution in [0, 0.1) is 5.92 Å². The van der Waals surface area contributed by atoms with Gasteiger partial charge in [-0.15, -0.1) is 0 Å². The molecule has 1 amide bonds. The molecule has 0 aliphatic heterocycles. The van der Waals surface area contributed by atoms with E-state index in [0.29, 0.717) is 30.6 Å². The van der Waals surface area contributed by atoms with E-state index in [9.17, 15) is 31.1 Å². The van der Waals surface area contributed by atoms with Gasteiger partial charge >= 0.3 is 12.4 Å². The second kappa shape index (κ2) is 7.73. The molecule has 0 aromatic rings. The first kappa shape index (κ1) is 19.1. The maximum Gasteiger partial charge on any atom is 0.409 e. The summed E-state index contributed by atoms with van der Waals surface area (Å²) in [5, 5.41) is 0. The Balaban J connectivity index is 5.14. The highest BCUT2D eigenvalue weighted by Crippen LogP contribution is 2.40. The number of rotatable bonds is 7. The Labute approximate surface area is 114 Å². The van der Waals surface area contributed by atoms with E-state index in [2.05, 4.69) is 0 Å². The first-order valence-electron chi connectivity index (χ1n) is 6.47. The summed E-state index contributed by atoms with van der Waals surface area (Å²) >= 11 is 0. The third-order valence-corrected chi connectivity index (χ3v) is 2.78. The largest absolute Gasteiger partial charge is 0.409 e. The number of carbonyl (C=O) groups excluding carboxylic acids is 1. The average Bonchev–Trinajstić information content (AvgIpc) is 2.25. The van der Waals surface area contributed by atoms with Crippen molar-refractivity contribution in [1.82, 2.24) is 4.90 Å². The molecule has 0 heterocycles. The van der Waals surface area contributed by atoms with Gasteiger partial charge in [-0.25, -0.2) is 0 Å². The normalized spacial score (nSPS) is 12.8. The second-order valence-electron chi connectivity index (χ2n) is 4.55. The number of hydrogen-bond acceptors (Lipinski definition) is 1. The van der Waals surface area contributed by atoms with E-state index in [1.165, 1.54) is 0 Å². The Hall–Kier alpha value is -0.950. The fourth-order valence-corrected chi connectivity index (χ4v) is 1.68. The van der Waals surface area contributed by atoms with Crippen molar-refractivity contribution in [2.45, 2.75) is 51.9 Å². The molecule has 0 saturated heterocycles. The van der Waals surface area contributed by atoms with Crippen molar-refractivity contribution in [3.8, 4) is 0 Å². The van der Waals surface area contributed by atoms with Crippen LogP contribution in [0.2, 0.25) is 0 Å².